The maximum absolute atomic E-state index is 10.2. The smallest absolute Gasteiger partial charge is 0.0914 e. The summed E-state index contributed by atoms with van der Waals surface area (Å²) in [4.78, 5) is 0. The highest BCUT2D eigenvalue weighted by Gasteiger charge is 2.21. The molecule has 0 spiro atoms. The van der Waals surface area contributed by atoms with Gasteiger partial charge in [-0.1, -0.05) is 54.2 Å². The van der Waals surface area contributed by atoms with Crippen LogP contribution >= 0.6 is 15.9 Å². The Morgan fingerprint density at radius 2 is 2.16 bits per heavy atom. The van der Waals surface area contributed by atoms with Crippen LogP contribution in [0, 0.1) is 11.8 Å². The van der Waals surface area contributed by atoms with Gasteiger partial charge in [0.05, 0.1) is 6.10 Å². The molecule has 1 aliphatic rings. The van der Waals surface area contributed by atoms with E-state index in [9.17, 15) is 5.11 Å². The van der Waals surface area contributed by atoms with Crippen LogP contribution < -0.4 is 5.32 Å². The maximum atomic E-state index is 10.2. The van der Waals surface area contributed by atoms with Crippen LogP contribution in [0.4, 0.5) is 0 Å². The van der Waals surface area contributed by atoms with E-state index in [1.807, 2.05) is 24.3 Å². The molecular formula is C16H24BrNO. The van der Waals surface area contributed by atoms with Crippen molar-refractivity contribution >= 4 is 15.9 Å². The number of rotatable bonds is 5. The molecule has 2 N–H and O–H groups in total. The third-order valence-corrected chi connectivity index (χ3v) is 4.76. The Bertz CT molecular complexity index is 396. The van der Waals surface area contributed by atoms with Crippen LogP contribution in [-0.4, -0.2) is 18.2 Å². The minimum atomic E-state index is -0.420. The number of benzene rings is 1. The van der Waals surface area contributed by atoms with Gasteiger partial charge in [0.1, 0.15) is 0 Å². The molecule has 19 heavy (non-hydrogen) atoms. The summed E-state index contributed by atoms with van der Waals surface area (Å²) in [5.41, 5.74) is 0.971. The van der Waals surface area contributed by atoms with E-state index in [4.69, 9.17) is 0 Å². The minimum Gasteiger partial charge on any atom is -0.387 e. The van der Waals surface area contributed by atoms with Gasteiger partial charge in [0.15, 0.2) is 0 Å². The Morgan fingerprint density at radius 1 is 1.37 bits per heavy atom. The van der Waals surface area contributed by atoms with Crippen molar-refractivity contribution in [1.82, 2.24) is 5.32 Å². The van der Waals surface area contributed by atoms with Gasteiger partial charge in [-0.05, 0) is 42.5 Å². The average Bonchev–Trinajstić information content (AvgIpc) is 2.41. The van der Waals surface area contributed by atoms with Gasteiger partial charge >= 0.3 is 0 Å². The van der Waals surface area contributed by atoms with Crippen molar-refractivity contribution in [2.24, 2.45) is 11.8 Å². The van der Waals surface area contributed by atoms with Crippen molar-refractivity contribution in [2.75, 3.05) is 13.1 Å². The van der Waals surface area contributed by atoms with E-state index >= 15 is 0 Å². The van der Waals surface area contributed by atoms with Crippen LogP contribution in [0.1, 0.15) is 44.3 Å². The van der Waals surface area contributed by atoms with Gasteiger partial charge in [0.2, 0.25) is 0 Å². The van der Waals surface area contributed by atoms with Crippen LogP contribution in [0.25, 0.3) is 0 Å². The van der Waals surface area contributed by atoms with Gasteiger partial charge < -0.3 is 10.4 Å². The summed E-state index contributed by atoms with van der Waals surface area (Å²) in [7, 11) is 0. The Morgan fingerprint density at radius 3 is 2.89 bits per heavy atom. The molecule has 0 aliphatic heterocycles. The molecule has 3 heteroatoms. The van der Waals surface area contributed by atoms with Crippen LogP contribution in [0.2, 0.25) is 0 Å². The van der Waals surface area contributed by atoms with Crippen LogP contribution in [0.5, 0.6) is 0 Å². The minimum absolute atomic E-state index is 0.420. The van der Waals surface area contributed by atoms with Crippen molar-refractivity contribution < 1.29 is 5.11 Å². The fourth-order valence-corrected chi connectivity index (χ4v) is 3.35. The summed E-state index contributed by atoms with van der Waals surface area (Å²) in [5.74, 6) is 1.60. The highest BCUT2D eigenvalue weighted by atomic mass is 79.9. The van der Waals surface area contributed by atoms with Crippen molar-refractivity contribution in [2.45, 2.75) is 38.7 Å². The zero-order valence-corrected chi connectivity index (χ0v) is 13.2. The largest absolute Gasteiger partial charge is 0.387 e. The van der Waals surface area contributed by atoms with E-state index in [1.165, 1.54) is 25.7 Å². The zero-order chi connectivity index (χ0) is 13.7. The highest BCUT2D eigenvalue weighted by molar-refractivity contribution is 9.10. The van der Waals surface area contributed by atoms with Crippen LogP contribution in [0.15, 0.2) is 28.7 Å². The van der Waals surface area contributed by atoms with Gasteiger partial charge in [-0.15, -0.1) is 0 Å². The Kier molecular flexibility index (Phi) is 5.86. The monoisotopic (exact) mass is 325 g/mol. The standard InChI is InChI=1S/C16H24BrNO/c1-12-5-2-3-6-14(12)10-18-11-16(19)13-7-4-8-15(17)9-13/h4,7-9,12,14,16,18-19H,2-3,5-6,10-11H2,1H3. The van der Waals surface area contributed by atoms with Gasteiger partial charge in [-0.25, -0.2) is 0 Å². The van der Waals surface area contributed by atoms with Crippen molar-refractivity contribution in [1.29, 1.82) is 0 Å². The predicted octanol–water partition coefficient (Wildman–Crippen LogP) is 3.90. The summed E-state index contributed by atoms with van der Waals surface area (Å²) in [6, 6.07) is 7.90. The molecule has 2 nitrogen and oxygen atoms in total. The number of aliphatic hydroxyl groups is 1. The lowest BCUT2D eigenvalue weighted by Crippen LogP contribution is -2.31. The number of halogens is 1. The molecule has 0 amide bonds. The molecule has 0 heterocycles. The number of hydrogen-bond acceptors (Lipinski definition) is 2. The zero-order valence-electron chi connectivity index (χ0n) is 11.6. The van der Waals surface area contributed by atoms with Crippen molar-refractivity contribution in [3.05, 3.63) is 34.3 Å². The first-order valence-electron chi connectivity index (χ1n) is 7.31. The highest BCUT2D eigenvalue weighted by Crippen LogP contribution is 2.29. The molecule has 1 saturated carbocycles. The van der Waals surface area contributed by atoms with Crippen LogP contribution in [-0.2, 0) is 0 Å². The van der Waals surface area contributed by atoms with Gasteiger partial charge in [0.25, 0.3) is 0 Å². The molecule has 106 valence electrons. The average molecular weight is 326 g/mol. The Balaban J connectivity index is 1.76. The van der Waals surface area contributed by atoms with E-state index < -0.39 is 6.10 Å². The van der Waals surface area contributed by atoms with Crippen molar-refractivity contribution in [3.8, 4) is 0 Å². The van der Waals surface area contributed by atoms with E-state index in [0.29, 0.717) is 6.54 Å². The lowest BCUT2D eigenvalue weighted by Gasteiger charge is -2.29. The molecule has 0 saturated heterocycles. The summed E-state index contributed by atoms with van der Waals surface area (Å²) in [6.45, 7) is 4.03. The molecule has 0 bridgehead atoms. The van der Waals surface area contributed by atoms with Gasteiger partial charge in [0, 0.05) is 11.0 Å². The molecule has 3 atom stereocenters. The molecular weight excluding hydrogens is 302 g/mol. The molecule has 1 aromatic carbocycles. The second-order valence-electron chi connectivity index (χ2n) is 5.75. The summed E-state index contributed by atoms with van der Waals surface area (Å²) in [6.07, 6.45) is 5.03. The fourth-order valence-electron chi connectivity index (χ4n) is 2.93. The van der Waals surface area contributed by atoms with Gasteiger partial charge in [-0.2, -0.15) is 0 Å². The second kappa shape index (κ2) is 7.41. The molecule has 2 rings (SSSR count). The number of aliphatic hydroxyl groups excluding tert-OH is 1. The van der Waals surface area contributed by atoms with Gasteiger partial charge in [-0.3, -0.25) is 0 Å². The van der Waals surface area contributed by atoms with E-state index in [-0.39, 0.29) is 0 Å². The van der Waals surface area contributed by atoms with E-state index in [1.54, 1.807) is 0 Å². The van der Waals surface area contributed by atoms with Crippen molar-refractivity contribution in [3.63, 3.8) is 0 Å². The normalized spacial score (nSPS) is 25.2. The first-order valence-corrected chi connectivity index (χ1v) is 8.10. The molecule has 0 radical (unpaired) electrons. The summed E-state index contributed by atoms with van der Waals surface area (Å²) < 4.78 is 1.02. The SMILES string of the molecule is CC1CCCCC1CNCC(O)c1cccc(Br)c1. The first kappa shape index (κ1) is 15.0. The summed E-state index contributed by atoms with van der Waals surface area (Å²) in [5, 5.41) is 13.6. The van der Waals surface area contributed by atoms with E-state index in [0.717, 1.165) is 28.4 Å². The number of nitrogens with one attached hydrogen (secondary N) is 1. The lowest BCUT2D eigenvalue weighted by molar-refractivity contribution is 0.165. The molecule has 1 fully saturated rings. The third-order valence-electron chi connectivity index (χ3n) is 4.27. The van der Waals surface area contributed by atoms with E-state index in [2.05, 4.69) is 28.2 Å². The molecule has 1 aromatic rings. The second-order valence-corrected chi connectivity index (χ2v) is 6.67. The van der Waals surface area contributed by atoms with Crippen LogP contribution in [0.3, 0.4) is 0 Å². The molecule has 1 aliphatic carbocycles. The predicted molar refractivity (Wildman–Crippen MR) is 83.1 cm³/mol. The summed E-state index contributed by atoms with van der Waals surface area (Å²) >= 11 is 3.44. The number of hydrogen-bond donors (Lipinski definition) is 2. The Labute approximate surface area is 124 Å². The lowest BCUT2D eigenvalue weighted by atomic mass is 9.80. The fraction of sp³-hybridized carbons (Fsp3) is 0.625. The third kappa shape index (κ3) is 4.59. The first-order chi connectivity index (χ1) is 9.16. The molecule has 3 unspecified atom stereocenters. The Hall–Kier alpha value is -0.380. The topological polar surface area (TPSA) is 32.3 Å². The quantitative estimate of drug-likeness (QED) is 0.860. The maximum Gasteiger partial charge on any atom is 0.0914 e. The molecule has 0 aromatic heterocycles.